The van der Waals surface area contributed by atoms with Crippen LogP contribution in [0.5, 0.6) is 0 Å². The molecule has 2 heterocycles. The average molecular weight is 370 g/mol. The summed E-state index contributed by atoms with van der Waals surface area (Å²) in [5.74, 6) is 1.55. The number of anilines is 1. The number of benzene rings is 1. The Morgan fingerprint density at radius 1 is 1.19 bits per heavy atom. The van der Waals surface area contributed by atoms with Crippen LogP contribution in [0.3, 0.4) is 0 Å². The Hall–Kier alpha value is -2.27. The van der Waals surface area contributed by atoms with Crippen molar-refractivity contribution >= 4 is 11.6 Å². The van der Waals surface area contributed by atoms with E-state index in [1.54, 1.807) is 0 Å². The molecule has 0 unspecified atom stereocenters. The van der Waals surface area contributed by atoms with E-state index in [-0.39, 0.29) is 11.9 Å². The van der Waals surface area contributed by atoms with Crippen LogP contribution in [0.2, 0.25) is 0 Å². The fraction of sp³-hybridized carbons (Fsp3) is 0.500. The number of furan rings is 1. The molecule has 1 aromatic heterocycles. The normalized spacial score (nSPS) is 15.3. The van der Waals surface area contributed by atoms with E-state index in [9.17, 15) is 4.79 Å². The van der Waals surface area contributed by atoms with E-state index in [2.05, 4.69) is 53.2 Å². The Kier molecular flexibility index (Phi) is 6.56. The number of hydrogen-bond acceptors (Lipinski definition) is 4. The maximum absolute atomic E-state index is 12.7. The molecular weight excluding hydrogens is 338 g/mol. The van der Waals surface area contributed by atoms with Gasteiger partial charge in [-0.2, -0.15) is 0 Å². The zero-order chi connectivity index (χ0) is 19.2. The summed E-state index contributed by atoms with van der Waals surface area (Å²) >= 11 is 0. The highest BCUT2D eigenvalue weighted by atomic mass is 16.3. The van der Waals surface area contributed by atoms with E-state index in [1.807, 2.05) is 19.1 Å². The van der Waals surface area contributed by atoms with Crippen LogP contribution in [-0.2, 0) is 6.54 Å². The molecule has 146 valence electrons. The Balaban J connectivity index is 1.54. The van der Waals surface area contributed by atoms with Gasteiger partial charge in [0.05, 0.1) is 12.1 Å². The van der Waals surface area contributed by atoms with Gasteiger partial charge in [-0.1, -0.05) is 32.0 Å². The predicted octanol–water partition coefficient (Wildman–Crippen LogP) is 3.83. The van der Waals surface area contributed by atoms with E-state index in [1.165, 1.54) is 5.69 Å². The molecule has 2 aromatic rings. The van der Waals surface area contributed by atoms with Crippen LogP contribution in [0, 0.1) is 6.92 Å². The van der Waals surface area contributed by atoms with Crippen LogP contribution in [0.1, 0.15) is 48.6 Å². The summed E-state index contributed by atoms with van der Waals surface area (Å²) in [4.78, 5) is 17.4. The van der Waals surface area contributed by atoms with Gasteiger partial charge in [0.25, 0.3) is 5.91 Å². The third kappa shape index (κ3) is 4.92. The SMILES string of the molecule is CCN(CC)Cc1cc(C(=O)NC2CCN(c3ccccc3)CC2)c(C)o1. The number of carbonyl (C=O) groups is 1. The number of nitrogens with zero attached hydrogens (tertiary/aromatic N) is 2. The van der Waals surface area contributed by atoms with E-state index >= 15 is 0 Å². The number of amides is 1. The highest BCUT2D eigenvalue weighted by molar-refractivity contribution is 5.95. The quantitative estimate of drug-likeness (QED) is 0.806. The molecule has 0 radical (unpaired) electrons. The summed E-state index contributed by atoms with van der Waals surface area (Å²) in [5.41, 5.74) is 1.93. The molecule has 0 saturated carbocycles. The van der Waals surface area contributed by atoms with Crippen molar-refractivity contribution in [3.05, 3.63) is 53.5 Å². The van der Waals surface area contributed by atoms with Crippen molar-refractivity contribution in [2.45, 2.75) is 46.2 Å². The summed E-state index contributed by atoms with van der Waals surface area (Å²) in [6, 6.07) is 12.6. The molecule has 1 aromatic carbocycles. The zero-order valence-electron chi connectivity index (χ0n) is 16.7. The topological polar surface area (TPSA) is 48.7 Å². The molecule has 0 aliphatic carbocycles. The van der Waals surface area contributed by atoms with E-state index < -0.39 is 0 Å². The number of aryl methyl sites for hydroxylation is 1. The van der Waals surface area contributed by atoms with Gasteiger partial charge in [-0.3, -0.25) is 9.69 Å². The second-order valence-electron chi connectivity index (χ2n) is 7.21. The summed E-state index contributed by atoms with van der Waals surface area (Å²) in [7, 11) is 0. The second-order valence-corrected chi connectivity index (χ2v) is 7.21. The monoisotopic (exact) mass is 369 g/mol. The molecule has 5 heteroatoms. The molecule has 27 heavy (non-hydrogen) atoms. The number of rotatable bonds is 7. The van der Waals surface area contributed by atoms with Gasteiger partial charge >= 0.3 is 0 Å². The molecule has 3 rings (SSSR count). The highest BCUT2D eigenvalue weighted by Crippen LogP contribution is 2.21. The fourth-order valence-corrected chi connectivity index (χ4v) is 3.70. The summed E-state index contributed by atoms with van der Waals surface area (Å²) in [6.07, 6.45) is 1.92. The highest BCUT2D eigenvalue weighted by Gasteiger charge is 2.23. The summed E-state index contributed by atoms with van der Waals surface area (Å²) in [5, 5.41) is 3.20. The minimum absolute atomic E-state index is 0.0137. The van der Waals surface area contributed by atoms with Crippen molar-refractivity contribution in [1.82, 2.24) is 10.2 Å². The molecule has 1 fully saturated rings. The number of hydrogen-bond donors (Lipinski definition) is 1. The Labute approximate surface area is 162 Å². The first-order chi connectivity index (χ1) is 13.1. The Morgan fingerprint density at radius 3 is 2.48 bits per heavy atom. The number of nitrogens with one attached hydrogen (secondary N) is 1. The Morgan fingerprint density at radius 2 is 1.85 bits per heavy atom. The molecule has 5 nitrogen and oxygen atoms in total. The van der Waals surface area contributed by atoms with Crippen LogP contribution < -0.4 is 10.2 Å². The first kappa shape index (κ1) is 19.5. The van der Waals surface area contributed by atoms with Crippen molar-refractivity contribution in [2.75, 3.05) is 31.1 Å². The van der Waals surface area contributed by atoms with E-state index in [4.69, 9.17) is 4.42 Å². The molecule has 0 bridgehead atoms. The van der Waals surface area contributed by atoms with Gasteiger partial charge in [-0.15, -0.1) is 0 Å². The van der Waals surface area contributed by atoms with Crippen LogP contribution in [0.15, 0.2) is 40.8 Å². The van der Waals surface area contributed by atoms with Crippen molar-refractivity contribution in [3.63, 3.8) is 0 Å². The van der Waals surface area contributed by atoms with Gasteiger partial charge in [-0.05, 0) is 51.1 Å². The Bertz CT molecular complexity index is 729. The van der Waals surface area contributed by atoms with Crippen LogP contribution >= 0.6 is 0 Å². The van der Waals surface area contributed by atoms with Crippen molar-refractivity contribution in [2.24, 2.45) is 0 Å². The third-order valence-electron chi connectivity index (χ3n) is 5.44. The minimum atomic E-state index is -0.0137. The predicted molar refractivity (Wildman–Crippen MR) is 109 cm³/mol. The largest absolute Gasteiger partial charge is 0.464 e. The average Bonchev–Trinajstić information content (AvgIpc) is 3.07. The number of piperidine rings is 1. The minimum Gasteiger partial charge on any atom is -0.464 e. The lowest BCUT2D eigenvalue weighted by molar-refractivity contribution is 0.0929. The fourth-order valence-electron chi connectivity index (χ4n) is 3.70. The first-order valence-corrected chi connectivity index (χ1v) is 10.0. The lowest BCUT2D eigenvalue weighted by atomic mass is 10.0. The number of carbonyl (C=O) groups excluding carboxylic acids is 1. The van der Waals surface area contributed by atoms with Gasteiger partial charge in [0.1, 0.15) is 11.5 Å². The van der Waals surface area contributed by atoms with Crippen molar-refractivity contribution < 1.29 is 9.21 Å². The van der Waals surface area contributed by atoms with Gasteiger partial charge in [0, 0.05) is 24.8 Å². The van der Waals surface area contributed by atoms with E-state index in [0.29, 0.717) is 11.3 Å². The lowest BCUT2D eigenvalue weighted by Crippen LogP contribution is -2.44. The van der Waals surface area contributed by atoms with Crippen molar-refractivity contribution in [1.29, 1.82) is 0 Å². The maximum atomic E-state index is 12.7. The molecule has 1 saturated heterocycles. The van der Waals surface area contributed by atoms with Gasteiger partial charge in [0.15, 0.2) is 0 Å². The molecule has 0 atom stereocenters. The third-order valence-corrected chi connectivity index (χ3v) is 5.44. The smallest absolute Gasteiger partial charge is 0.255 e. The molecular formula is C22H31N3O2. The van der Waals surface area contributed by atoms with Crippen LogP contribution in [0.4, 0.5) is 5.69 Å². The molecule has 1 amide bonds. The maximum Gasteiger partial charge on any atom is 0.255 e. The molecule has 0 spiro atoms. The zero-order valence-corrected chi connectivity index (χ0v) is 16.7. The second kappa shape index (κ2) is 9.09. The number of para-hydroxylation sites is 1. The lowest BCUT2D eigenvalue weighted by Gasteiger charge is -2.33. The van der Waals surface area contributed by atoms with Crippen LogP contribution in [0.25, 0.3) is 0 Å². The first-order valence-electron chi connectivity index (χ1n) is 10.0. The summed E-state index contributed by atoms with van der Waals surface area (Å²) in [6.45, 7) is 10.8. The molecule has 1 aliphatic heterocycles. The molecule has 1 aliphatic rings. The van der Waals surface area contributed by atoms with Gasteiger partial charge < -0.3 is 14.6 Å². The summed E-state index contributed by atoms with van der Waals surface area (Å²) < 4.78 is 5.82. The van der Waals surface area contributed by atoms with Gasteiger partial charge in [0.2, 0.25) is 0 Å². The standard InChI is InChI=1S/C22H31N3O2/c1-4-24(5-2)16-20-15-21(17(3)27-20)22(26)23-18-11-13-25(14-12-18)19-9-7-6-8-10-19/h6-10,15,18H,4-5,11-14,16H2,1-3H3,(H,23,26). The van der Waals surface area contributed by atoms with Crippen molar-refractivity contribution in [3.8, 4) is 0 Å². The van der Waals surface area contributed by atoms with Gasteiger partial charge in [-0.25, -0.2) is 0 Å². The molecule has 1 N–H and O–H groups in total. The van der Waals surface area contributed by atoms with Crippen LogP contribution in [-0.4, -0.2) is 43.0 Å². The van der Waals surface area contributed by atoms with E-state index in [0.717, 1.165) is 51.3 Å².